The molecule has 0 bridgehead atoms. The van der Waals surface area contributed by atoms with Crippen LogP contribution in [0.2, 0.25) is 0 Å². The Bertz CT molecular complexity index is 1040. The Morgan fingerprint density at radius 2 is 1.56 bits per heavy atom. The summed E-state index contributed by atoms with van der Waals surface area (Å²) in [5, 5.41) is 4.38. The van der Waals surface area contributed by atoms with Gasteiger partial charge in [-0.2, -0.15) is 14.6 Å². The van der Waals surface area contributed by atoms with Crippen molar-refractivity contribution in [2.75, 3.05) is 36.0 Å². The summed E-state index contributed by atoms with van der Waals surface area (Å²) in [6.07, 6.45) is 3.40. The van der Waals surface area contributed by atoms with Crippen molar-refractivity contribution in [1.29, 1.82) is 0 Å². The fourth-order valence-electron chi connectivity index (χ4n) is 3.48. The van der Waals surface area contributed by atoms with Crippen molar-refractivity contribution in [3.8, 4) is 11.3 Å². The van der Waals surface area contributed by atoms with E-state index in [0.717, 1.165) is 49.1 Å². The molecular weight excluding hydrogens is 338 g/mol. The summed E-state index contributed by atoms with van der Waals surface area (Å²) in [4.78, 5) is 18.1. The Morgan fingerprint density at radius 1 is 0.778 bits per heavy atom. The van der Waals surface area contributed by atoms with Crippen LogP contribution in [0.3, 0.4) is 0 Å². The molecule has 4 aromatic rings. The van der Waals surface area contributed by atoms with E-state index in [1.165, 1.54) is 0 Å². The first-order chi connectivity index (χ1) is 13.4. The summed E-state index contributed by atoms with van der Waals surface area (Å²) in [7, 11) is 0. The molecule has 1 aromatic carbocycles. The van der Waals surface area contributed by atoms with E-state index in [2.05, 4.69) is 54.1 Å². The van der Waals surface area contributed by atoms with Gasteiger partial charge in [-0.1, -0.05) is 36.4 Å². The zero-order valence-corrected chi connectivity index (χ0v) is 14.8. The van der Waals surface area contributed by atoms with Crippen LogP contribution in [0.4, 0.5) is 11.6 Å². The fraction of sp³-hybridized carbons (Fsp3) is 0.200. The summed E-state index contributed by atoms with van der Waals surface area (Å²) >= 11 is 0. The lowest BCUT2D eigenvalue weighted by molar-refractivity contribution is 0.634. The van der Waals surface area contributed by atoms with Crippen molar-refractivity contribution < 1.29 is 0 Å². The van der Waals surface area contributed by atoms with Crippen LogP contribution in [0.1, 0.15) is 0 Å². The fourth-order valence-corrected chi connectivity index (χ4v) is 3.48. The number of aromatic nitrogens is 5. The average molecular weight is 357 g/mol. The number of hydrogen-bond donors (Lipinski definition) is 0. The molecule has 0 aliphatic carbocycles. The smallest absolute Gasteiger partial charge is 0.254 e. The topological polar surface area (TPSA) is 62.5 Å². The van der Waals surface area contributed by atoms with Crippen molar-refractivity contribution >= 4 is 17.4 Å². The molecule has 1 aliphatic heterocycles. The second-order valence-corrected chi connectivity index (χ2v) is 6.50. The highest BCUT2D eigenvalue weighted by molar-refractivity contribution is 5.66. The van der Waals surface area contributed by atoms with Crippen LogP contribution in [0.15, 0.2) is 67.1 Å². The van der Waals surface area contributed by atoms with Gasteiger partial charge in [-0.25, -0.2) is 9.97 Å². The van der Waals surface area contributed by atoms with Gasteiger partial charge in [0.2, 0.25) is 0 Å². The van der Waals surface area contributed by atoms with E-state index in [0.29, 0.717) is 5.78 Å². The minimum atomic E-state index is 0.624. The molecule has 0 atom stereocenters. The Morgan fingerprint density at radius 3 is 2.33 bits per heavy atom. The summed E-state index contributed by atoms with van der Waals surface area (Å²) in [6.45, 7) is 3.61. The van der Waals surface area contributed by atoms with E-state index in [1.807, 2.05) is 41.0 Å². The van der Waals surface area contributed by atoms with Crippen LogP contribution in [0.5, 0.6) is 0 Å². The van der Waals surface area contributed by atoms with E-state index < -0.39 is 0 Å². The van der Waals surface area contributed by atoms with Crippen LogP contribution in [0, 0.1) is 0 Å². The lowest BCUT2D eigenvalue weighted by atomic mass is 10.1. The van der Waals surface area contributed by atoms with Crippen LogP contribution in [-0.2, 0) is 0 Å². The van der Waals surface area contributed by atoms with Crippen molar-refractivity contribution in [2.45, 2.75) is 0 Å². The second-order valence-electron chi connectivity index (χ2n) is 6.50. The Kier molecular flexibility index (Phi) is 3.90. The van der Waals surface area contributed by atoms with E-state index in [4.69, 9.17) is 0 Å². The largest absolute Gasteiger partial charge is 0.353 e. The third-order valence-corrected chi connectivity index (χ3v) is 4.88. The molecule has 0 amide bonds. The molecule has 4 heterocycles. The number of piperazine rings is 1. The van der Waals surface area contributed by atoms with E-state index in [9.17, 15) is 0 Å². The molecule has 1 saturated heterocycles. The van der Waals surface area contributed by atoms with Crippen molar-refractivity contribution in [2.24, 2.45) is 0 Å². The SMILES string of the molecule is c1ccc(-c2cc(N3CCN(c4ccccn4)CC3)n3ncnc3n2)cc1. The highest BCUT2D eigenvalue weighted by Crippen LogP contribution is 2.25. The first-order valence-electron chi connectivity index (χ1n) is 9.06. The second kappa shape index (κ2) is 6.68. The molecule has 0 radical (unpaired) electrons. The Hall–Kier alpha value is -3.48. The standard InChI is InChI=1S/C20H19N7/c1-2-6-16(7-3-1)17-14-19(27-20(24-17)22-15-23-27)26-12-10-25(11-13-26)18-8-4-5-9-21-18/h1-9,14-15H,10-13H2. The van der Waals surface area contributed by atoms with Crippen LogP contribution < -0.4 is 9.80 Å². The van der Waals surface area contributed by atoms with Gasteiger partial charge in [0.15, 0.2) is 0 Å². The minimum Gasteiger partial charge on any atom is -0.353 e. The molecule has 27 heavy (non-hydrogen) atoms. The van der Waals surface area contributed by atoms with Gasteiger partial charge in [0.05, 0.1) is 5.69 Å². The lowest BCUT2D eigenvalue weighted by Gasteiger charge is -2.36. The van der Waals surface area contributed by atoms with Gasteiger partial charge < -0.3 is 9.80 Å². The maximum atomic E-state index is 4.67. The van der Waals surface area contributed by atoms with E-state index in [-0.39, 0.29) is 0 Å². The van der Waals surface area contributed by atoms with Crippen molar-refractivity contribution in [3.05, 3.63) is 67.1 Å². The summed E-state index contributed by atoms with van der Waals surface area (Å²) in [5.41, 5.74) is 2.00. The van der Waals surface area contributed by atoms with Crippen LogP contribution in [0.25, 0.3) is 17.0 Å². The zero-order chi connectivity index (χ0) is 18.1. The highest BCUT2D eigenvalue weighted by Gasteiger charge is 2.21. The van der Waals surface area contributed by atoms with Crippen LogP contribution >= 0.6 is 0 Å². The van der Waals surface area contributed by atoms with E-state index >= 15 is 0 Å². The van der Waals surface area contributed by atoms with Crippen molar-refractivity contribution in [3.63, 3.8) is 0 Å². The van der Waals surface area contributed by atoms with Gasteiger partial charge in [-0.3, -0.25) is 0 Å². The molecule has 0 spiro atoms. The number of pyridine rings is 1. The molecule has 7 heteroatoms. The van der Waals surface area contributed by atoms with Gasteiger partial charge in [0.1, 0.15) is 18.0 Å². The maximum absolute atomic E-state index is 4.67. The quantitative estimate of drug-likeness (QED) is 0.561. The van der Waals surface area contributed by atoms with Gasteiger partial charge in [0, 0.05) is 44.0 Å². The lowest BCUT2D eigenvalue weighted by Crippen LogP contribution is -2.47. The Labute approximate surface area is 156 Å². The molecule has 5 rings (SSSR count). The van der Waals surface area contributed by atoms with Gasteiger partial charge in [-0.15, -0.1) is 0 Å². The first-order valence-corrected chi connectivity index (χ1v) is 9.06. The maximum Gasteiger partial charge on any atom is 0.254 e. The van der Waals surface area contributed by atoms with Crippen molar-refractivity contribution in [1.82, 2.24) is 24.6 Å². The molecule has 0 saturated carbocycles. The van der Waals surface area contributed by atoms with E-state index in [1.54, 1.807) is 6.33 Å². The van der Waals surface area contributed by atoms with Gasteiger partial charge in [-0.05, 0) is 12.1 Å². The highest BCUT2D eigenvalue weighted by atomic mass is 15.4. The number of anilines is 2. The van der Waals surface area contributed by atoms with Gasteiger partial charge in [0.25, 0.3) is 5.78 Å². The molecule has 0 unspecified atom stereocenters. The molecule has 7 nitrogen and oxygen atoms in total. The minimum absolute atomic E-state index is 0.624. The van der Waals surface area contributed by atoms with Crippen LogP contribution in [-0.4, -0.2) is 50.7 Å². The summed E-state index contributed by atoms with van der Waals surface area (Å²) in [5.74, 6) is 2.68. The predicted molar refractivity (Wildman–Crippen MR) is 105 cm³/mol. The molecular formula is C20H19N7. The number of fused-ring (bicyclic) bond motifs is 1. The molecule has 0 N–H and O–H groups in total. The number of rotatable bonds is 3. The molecule has 1 fully saturated rings. The Balaban J connectivity index is 1.46. The monoisotopic (exact) mass is 357 g/mol. The molecule has 1 aliphatic rings. The normalized spacial score (nSPS) is 14.7. The first kappa shape index (κ1) is 15.7. The number of hydrogen-bond acceptors (Lipinski definition) is 6. The average Bonchev–Trinajstić information content (AvgIpc) is 3.23. The summed E-state index contributed by atoms with van der Waals surface area (Å²) in [6, 6.07) is 18.3. The third kappa shape index (κ3) is 2.97. The number of nitrogens with zero attached hydrogens (tertiary/aromatic N) is 7. The predicted octanol–water partition coefficient (Wildman–Crippen LogP) is 2.51. The zero-order valence-electron chi connectivity index (χ0n) is 14.8. The number of benzene rings is 1. The molecule has 134 valence electrons. The molecule has 3 aromatic heterocycles. The summed E-state index contributed by atoms with van der Waals surface area (Å²) < 4.78 is 1.82. The van der Waals surface area contributed by atoms with Gasteiger partial charge >= 0.3 is 0 Å². The third-order valence-electron chi connectivity index (χ3n) is 4.88.